The molecule has 21 heavy (non-hydrogen) atoms. The van der Waals surface area contributed by atoms with Crippen LogP contribution in [0.1, 0.15) is 18.1 Å². The Balaban J connectivity index is 2.28. The van der Waals surface area contributed by atoms with Crippen molar-refractivity contribution < 1.29 is 4.74 Å². The van der Waals surface area contributed by atoms with Crippen LogP contribution < -0.4 is 4.74 Å². The number of hydrogen-bond acceptors (Lipinski definition) is 2. The van der Waals surface area contributed by atoms with Crippen molar-refractivity contribution in [3.05, 3.63) is 53.6 Å². The third-order valence-electron chi connectivity index (χ3n) is 3.32. The molecule has 2 aromatic rings. The van der Waals surface area contributed by atoms with Crippen LogP contribution in [0.15, 0.2) is 47.5 Å². The normalized spacial score (nSPS) is 10.9. The highest BCUT2D eigenvalue weighted by atomic mass is 16.5. The lowest BCUT2D eigenvalue weighted by Crippen LogP contribution is -2.14. The fourth-order valence-corrected chi connectivity index (χ4v) is 1.83. The summed E-state index contributed by atoms with van der Waals surface area (Å²) < 4.78 is 6.05. The molecule has 0 fully saturated rings. The smallest absolute Gasteiger partial charge is 0.153 e. The second-order valence-electron chi connectivity index (χ2n) is 5.16. The molecule has 3 nitrogen and oxygen atoms in total. The summed E-state index contributed by atoms with van der Waals surface area (Å²) in [6, 6.07) is 14.0. The van der Waals surface area contributed by atoms with Gasteiger partial charge in [-0.05, 0) is 50.1 Å². The number of rotatable bonds is 5. The van der Waals surface area contributed by atoms with E-state index in [9.17, 15) is 0 Å². The van der Waals surface area contributed by atoms with E-state index in [1.54, 1.807) is 0 Å². The van der Waals surface area contributed by atoms with Crippen molar-refractivity contribution in [3.63, 3.8) is 0 Å². The molecule has 0 amide bonds. The van der Waals surface area contributed by atoms with Crippen LogP contribution in [0.4, 0.5) is 5.69 Å². The van der Waals surface area contributed by atoms with Gasteiger partial charge >= 0.3 is 0 Å². The predicted octanol–water partition coefficient (Wildman–Crippen LogP) is 4.71. The number of ether oxygens (including phenoxy) is 1. The van der Waals surface area contributed by atoms with Crippen molar-refractivity contribution in [2.75, 3.05) is 13.6 Å². The first-order chi connectivity index (χ1) is 10.1. The summed E-state index contributed by atoms with van der Waals surface area (Å²) >= 11 is 0. The van der Waals surface area contributed by atoms with E-state index in [4.69, 9.17) is 4.74 Å². The molecule has 3 heteroatoms. The molecule has 0 heterocycles. The van der Waals surface area contributed by atoms with Crippen LogP contribution in [-0.2, 0) is 0 Å². The molecule has 0 aliphatic carbocycles. The number of benzene rings is 2. The van der Waals surface area contributed by atoms with Gasteiger partial charge < -0.3 is 9.64 Å². The SMILES string of the molecule is CCN(C)C=Nc1ccccc1Oc1cc(C)ccc1C. The number of aliphatic imine (C=N–C) groups is 1. The first-order valence-corrected chi connectivity index (χ1v) is 7.18. The minimum absolute atomic E-state index is 0.770. The second-order valence-corrected chi connectivity index (χ2v) is 5.16. The third kappa shape index (κ3) is 4.09. The van der Waals surface area contributed by atoms with Crippen LogP contribution in [0.2, 0.25) is 0 Å². The minimum atomic E-state index is 0.770. The van der Waals surface area contributed by atoms with Crippen LogP contribution in [0.5, 0.6) is 11.5 Å². The van der Waals surface area contributed by atoms with Gasteiger partial charge in [0.2, 0.25) is 0 Å². The van der Waals surface area contributed by atoms with Gasteiger partial charge in [0.05, 0.1) is 6.34 Å². The van der Waals surface area contributed by atoms with E-state index in [2.05, 4.69) is 31.0 Å². The van der Waals surface area contributed by atoms with E-state index >= 15 is 0 Å². The topological polar surface area (TPSA) is 24.8 Å². The Labute approximate surface area is 126 Å². The molecule has 110 valence electrons. The molecule has 0 N–H and O–H groups in total. The Kier molecular flexibility index (Phi) is 4.99. The molecule has 0 spiro atoms. The average Bonchev–Trinajstić information content (AvgIpc) is 2.49. The predicted molar refractivity (Wildman–Crippen MR) is 88.9 cm³/mol. The van der Waals surface area contributed by atoms with Crippen LogP contribution in [0, 0.1) is 13.8 Å². The summed E-state index contributed by atoms with van der Waals surface area (Å²) in [6.07, 6.45) is 1.82. The van der Waals surface area contributed by atoms with Crippen molar-refractivity contribution >= 4 is 12.0 Å². The summed E-state index contributed by atoms with van der Waals surface area (Å²) in [5, 5.41) is 0. The van der Waals surface area contributed by atoms with Crippen molar-refractivity contribution in [1.82, 2.24) is 4.90 Å². The fourth-order valence-electron chi connectivity index (χ4n) is 1.83. The largest absolute Gasteiger partial charge is 0.455 e. The van der Waals surface area contributed by atoms with Gasteiger partial charge in [-0.2, -0.15) is 0 Å². The van der Waals surface area contributed by atoms with E-state index in [1.165, 1.54) is 5.56 Å². The van der Waals surface area contributed by atoms with Crippen LogP contribution in [0.3, 0.4) is 0 Å². The molecule has 0 aliphatic rings. The Hall–Kier alpha value is -2.29. The third-order valence-corrected chi connectivity index (χ3v) is 3.32. The molecule has 2 rings (SSSR count). The van der Waals surface area contributed by atoms with Crippen molar-refractivity contribution in [3.8, 4) is 11.5 Å². The van der Waals surface area contributed by atoms with Gasteiger partial charge in [0, 0.05) is 13.6 Å². The standard InChI is InChI=1S/C18H22N2O/c1-5-20(4)13-19-16-8-6-7-9-17(16)21-18-12-14(2)10-11-15(18)3/h6-13H,5H2,1-4H3. The zero-order valence-electron chi connectivity index (χ0n) is 13.1. The van der Waals surface area contributed by atoms with E-state index < -0.39 is 0 Å². The molecule has 0 saturated carbocycles. The lowest BCUT2D eigenvalue weighted by molar-refractivity contribution is 0.479. The van der Waals surface area contributed by atoms with Gasteiger partial charge in [0.25, 0.3) is 0 Å². The highest BCUT2D eigenvalue weighted by Gasteiger charge is 2.06. The van der Waals surface area contributed by atoms with Crippen molar-refractivity contribution in [2.24, 2.45) is 4.99 Å². The summed E-state index contributed by atoms with van der Waals surface area (Å²) in [4.78, 5) is 6.52. The molecule has 0 unspecified atom stereocenters. The Morgan fingerprint density at radius 3 is 2.62 bits per heavy atom. The van der Waals surface area contributed by atoms with Gasteiger partial charge in [-0.1, -0.05) is 24.3 Å². The van der Waals surface area contributed by atoms with Crippen molar-refractivity contribution in [2.45, 2.75) is 20.8 Å². The molecular weight excluding hydrogens is 260 g/mol. The van der Waals surface area contributed by atoms with Gasteiger partial charge in [0.15, 0.2) is 5.75 Å². The Morgan fingerprint density at radius 2 is 1.86 bits per heavy atom. The van der Waals surface area contributed by atoms with Gasteiger partial charge in [-0.25, -0.2) is 4.99 Å². The van der Waals surface area contributed by atoms with E-state index in [1.807, 2.05) is 55.5 Å². The second kappa shape index (κ2) is 6.93. The number of para-hydroxylation sites is 2. The van der Waals surface area contributed by atoms with Crippen LogP contribution in [0.25, 0.3) is 0 Å². The van der Waals surface area contributed by atoms with Crippen LogP contribution in [-0.4, -0.2) is 24.8 Å². The molecule has 0 radical (unpaired) electrons. The van der Waals surface area contributed by atoms with Gasteiger partial charge in [0.1, 0.15) is 11.4 Å². The highest BCUT2D eigenvalue weighted by Crippen LogP contribution is 2.33. The number of aryl methyl sites for hydroxylation is 2. The van der Waals surface area contributed by atoms with Crippen molar-refractivity contribution in [1.29, 1.82) is 0 Å². The molecule has 0 aliphatic heterocycles. The number of nitrogens with zero attached hydrogens (tertiary/aromatic N) is 2. The van der Waals surface area contributed by atoms with Gasteiger partial charge in [-0.15, -0.1) is 0 Å². The molecule has 0 bridgehead atoms. The lowest BCUT2D eigenvalue weighted by Gasteiger charge is -2.12. The van der Waals surface area contributed by atoms with Crippen LogP contribution >= 0.6 is 0 Å². The molecular formula is C18H22N2O. The summed E-state index contributed by atoms with van der Waals surface area (Å²) in [5.41, 5.74) is 3.13. The first kappa shape index (κ1) is 15.1. The lowest BCUT2D eigenvalue weighted by atomic mass is 10.1. The average molecular weight is 282 g/mol. The Morgan fingerprint density at radius 1 is 1.10 bits per heavy atom. The summed E-state index contributed by atoms with van der Waals surface area (Å²) in [7, 11) is 2.00. The maximum atomic E-state index is 6.05. The fraction of sp³-hybridized carbons (Fsp3) is 0.278. The van der Waals surface area contributed by atoms with E-state index in [0.29, 0.717) is 0 Å². The minimum Gasteiger partial charge on any atom is -0.455 e. The number of hydrogen-bond donors (Lipinski definition) is 0. The summed E-state index contributed by atoms with van der Waals surface area (Å²) in [5.74, 6) is 1.65. The van der Waals surface area contributed by atoms with E-state index in [-0.39, 0.29) is 0 Å². The zero-order valence-corrected chi connectivity index (χ0v) is 13.1. The zero-order chi connectivity index (χ0) is 15.2. The van der Waals surface area contributed by atoms with E-state index in [0.717, 1.165) is 29.3 Å². The highest BCUT2D eigenvalue weighted by molar-refractivity contribution is 5.65. The molecule has 0 atom stereocenters. The molecule has 0 saturated heterocycles. The Bertz CT molecular complexity index is 635. The molecule has 0 aromatic heterocycles. The maximum absolute atomic E-state index is 6.05. The van der Waals surface area contributed by atoms with Gasteiger partial charge in [-0.3, -0.25) is 0 Å². The quantitative estimate of drug-likeness (QED) is 0.586. The summed E-state index contributed by atoms with van der Waals surface area (Å²) in [6.45, 7) is 7.12. The maximum Gasteiger partial charge on any atom is 0.153 e. The monoisotopic (exact) mass is 282 g/mol. The first-order valence-electron chi connectivity index (χ1n) is 7.18. The molecule has 2 aromatic carbocycles.